The number of hydrogen-bond acceptors (Lipinski definition) is 3. The molecule has 2 aromatic rings. The Hall–Kier alpha value is -1.49. The zero-order valence-electron chi connectivity index (χ0n) is 7.94. The van der Waals surface area contributed by atoms with E-state index in [2.05, 4.69) is 4.98 Å². The average molecular weight is 225 g/mol. The Labute approximate surface area is 86.5 Å². The van der Waals surface area contributed by atoms with Crippen molar-refractivity contribution in [3.63, 3.8) is 0 Å². The second-order valence-electron chi connectivity index (χ2n) is 3.22. The van der Waals surface area contributed by atoms with E-state index in [1.807, 2.05) is 0 Å². The van der Waals surface area contributed by atoms with Crippen LogP contribution in [0.1, 0.15) is 0 Å². The van der Waals surface area contributed by atoms with Crippen LogP contribution in [-0.2, 0) is 9.84 Å². The third-order valence-corrected chi connectivity index (χ3v) is 3.21. The van der Waals surface area contributed by atoms with Crippen LogP contribution in [0, 0.1) is 5.82 Å². The Morgan fingerprint density at radius 3 is 2.67 bits per heavy atom. The summed E-state index contributed by atoms with van der Waals surface area (Å²) in [6.45, 7) is 0. The lowest BCUT2D eigenvalue weighted by atomic mass is 10.2. The molecule has 1 heterocycles. The maximum atomic E-state index is 13.3. The first-order valence-electron chi connectivity index (χ1n) is 4.23. The van der Waals surface area contributed by atoms with Crippen molar-refractivity contribution < 1.29 is 12.8 Å². The van der Waals surface area contributed by atoms with Gasteiger partial charge < -0.3 is 0 Å². The van der Waals surface area contributed by atoms with Crippen molar-refractivity contribution in [1.82, 2.24) is 4.98 Å². The van der Waals surface area contributed by atoms with E-state index >= 15 is 0 Å². The van der Waals surface area contributed by atoms with Crippen molar-refractivity contribution in [2.24, 2.45) is 0 Å². The number of fused-ring (bicyclic) bond motifs is 1. The van der Waals surface area contributed by atoms with Gasteiger partial charge in [0.05, 0.1) is 10.4 Å². The minimum absolute atomic E-state index is 0.0551. The van der Waals surface area contributed by atoms with Crippen molar-refractivity contribution in [2.75, 3.05) is 6.26 Å². The third-order valence-electron chi connectivity index (χ3n) is 2.08. The molecule has 0 amide bonds. The lowest BCUT2D eigenvalue weighted by Crippen LogP contribution is -2.00. The monoisotopic (exact) mass is 225 g/mol. The highest BCUT2D eigenvalue weighted by molar-refractivity contribution is 7.91. The first-order valence-corrected chi connectivity index (χ1v) is 6.12. The molecule has 5 heteroatoms. The van der Waals surface area contributed by atoms with Crippen LogP contribution in [0.3, 0.4) is 0 Å². The molecule has 15 heavy (non-hydrogen) atoms. The van der Waals surface area contributed by atoms with Gasteiger partial charge in [-0.2, -0.15) is 0 Å². The van der Waals surface area contributed by atoms with Crippen LogP contribution >= 0.6 is 0 Å². The van der Waals surface area contributed by atoms with Gasteiger partial charge in [-0.15, -0.1) is 0 Å². The van der Waals surface area contributed by atoms with Crippen LogP contribution in [0.2, 0.25) is 0 Å². The largest absolute Gasteiger partial charge is 0.255 e. The number of nitrogens with zero attached hydrogens (tertiary/aromatic N) is 1. The third kappa shape index (κ3) is 1.70. The number of aromatic nitrogens is 1. The molecule has 0 unspecified atom stereocenters. The van der Waals surface area contributed by atoms with E-state index in [1.165, 1.54) is 18.3 Å². The molecule has 78 valence electrons. The lowest BCUT2D eigenvalue weighted by molar-refractivity contribution is 0.602. The minimum atomic E-state index is -3.38. The molecule has 0 radical (unpaired) electrons. The number of sulfone groups is 1. The SMILES string of the molecule is CS(=O)(=O)c1ccc(F)c2cccnc12. The summed E-state index contributed by atoms with van der Waals surface area (Å²) in [4.78, 5) is 3.94. The highest BCUT2D eigenvalue weighted by atomic mass is 32.2. The smallest absolute Gasteiger partial charge is 0.177 e. The number of benzene rings is 1. The van der Waals surface area contributed by atoms with Gasteiger partial charge in [0.2, 0.25) is 0 Å². The van der Waals surface area contributed by atoms with E-state index in [1.54, 1.807) is 6.07 Å². The standard InChI is InChI=1S/C10H8FNO2S/c1-15(13,14)9-5-4-8(11)7-3-2-6-12-10(7)9/h2-6H,1H3. The van der Waals surface area contributed by atoms with Gasteiger partial charge in [0.1, 0.15) is 5.82 Å². The Morgan fingerprint density at radius 1 is 1.27 bits per heavy atom. The minimum Gasteiger partial charge on any atom is -0.255 e. The number of pyridine rings is 1. The molecular weight excluding hydrogens is 217 g/mol. The molecule has 0 spiro atoms. The molecule has 1 aromatic carbocycles. The zero-order chi connectivity index (χ0) is 11.1. The van der Waals surface area contributed by atoms with Gasteiger partial charge >= 0.3 is 0 Å². The second kappa shape index (κ2) is 3.27. The topological polar surface area (TPSA) is 47.0 Å². The summed E-state index contributed by atoms with van der Waals surface area (Å²) in [5.41, 5.74) is 0.181. The van der Waals surface area contributed by atoms with E-state index in [0.717, 1.165) is 12.3 Å². The summed E-state index contributed by atoms with van der Waals surface area (Å²) in [5, 5.41) is 0.223. The van der Waals surface area contributed by atoms with Crippen LogP contribution in [0.25, 0.3) is 10.9 Å². The quantitative estimate of drug-likeness (QED) is 0.695. The van der Waals surface area contributed by atoms with Crippen LogP contribution < -0.4 is 0 Å². The molecule has 0 aliphatic carbocycles. The van der Waals surface area contributed by atoms with Crippen molar-refractivity contribution in [1.29, 1.82) is 0 Å². The molecule has 0 fully saturated rings. The van der Waals surface area contributed by atoms with Gasteiger partial charge in [0.15, 0.2) is 9.84 Å². The molecule has 0 aliphatic heterocycles. The highest BCUT2D eigenvalue weighted by Crippen LogP contribution is 2.22. The van der Waals surface area contributed by atoms with Crippen LogP contribution in [-0.4, -0.2) is 19.7 Å². The Bertz CT molecular complexity index is 622. The summed E-state index contributed by atoms with van der Waals surface area (Å²) in [5.74, 6) is -0.467. The highest BCUT2D eigenvalue weighted by Gasteiger charge is 2.14. The predicted octanol–water partition coefficient (Wildman–Crippen LogP) is 1.78. The summed E-state index contributed by atoms with van der Waals surface area (Å²) >= 11 is 0. The number of halogens is 1. The molecular formula is C10H8FNO2S. The first kappa shape index (κ1) is 10.0. The van der Waals surface area contributed by atoms with Crippen LogP contribution in [0.15, 0.2) is 35.4 Å². The number of hydrogen-bond donors (Lipinski definition) is 0. The molecule has 0 aliphatic rings. The van der Waals surface area contributed by atoms with Gasteiger partial charge in [-0.3, -0.25) is 4.98 Å². The second-order valence-corrected chi connectivity index (χ2v) is 5.20. The molecule has 0 saturated carbocycles. The van der Waals surface area contributed by atoms with Crippen molar-refractivity contribution in [3.8, 4) is 0 Å². The van der Waals surface area contributed by atoms with E-state index in [0.29, 0.717) is 0 Å². The Balaban J connectivity index is 2.96. The molecule has 2 rings (SSSR count). The normalized spacial score (nSPS) is 11.9. The van der Waals surface area contributed by atoms with Crippen molar-refractivity contribution in [3.05, 3.63) is 36.3 Å². The molecule has 0 bridgehead atoms. The molecule has 0 atom stereocenters. The average Bonchev–Trinajstić information content (AvgIpc) is 2.17. The molecule has 3 nitrogen and oxygen atoms in total. The molecule has 0 N–H and O–H groups in total. The van der Waals surface area contributed by atoms with E-state index < -0.39 is 15.7 Å². The van der Waals surface area contributed by atoms with Gasteiger partial charge in [0.25, 0.3) is 0 Å². The maximum absolute atomic E-state index is 13.3. The Morgan fingerprint density at radius 2 is 2.00 bits per heavy atom. The van der Waals surface area contributed by atoms with Gasteiger partial charge in [-0.25, -0.2) is 12.8 Å². The van der Waals surface area contributed by atoms with E-state index in [9.17, 15) is 12.8 Å². The zero-order valence-corrected chi connectivity index (χ0v) is 8.75. The summed E-state index contributed by atoms with van der Waals surface area (Å²) in [7, 11) is -3.38. The van der Waals surface area contributed by atoms with Gasteiger partial charge in [-0.1, -0.05) is 0 Å². The fraction of sp³-hybridized carbons (Fsp3) is 0.100. The van der Waals surface area contributed by atoms with E-state index in [4.69, 9.17) is 0 Å². The van der Waals surface area contributed by atoms with Crippen LogP contribution in [0.5, 0.6) is 0 Å². The summed E-state index contributed by atoms with van der Waals surface area (Å²) in [6.07, 6.45) is 2.52. The fourth-order valence-corrected chi connectivity index (χ4v) is 2.24. The van der Waals surface area contributed by atoms with E-state index in [-0.39, 0.29) is 15.8 Å². The van der Waals surface area contributed by atoms with Gasteiger partial charge in [-0.05, 0) is 24.3 Å². The van der Waals surface area contributed by atoms with Gasteiger partial charge in [0, 0.05) is 17.8 Å². The molecule has 1 aromatic heterocycles. The van der Waals surface area contributed by atoms with Crippen molar-refractivity contribution in [2.45, 2.75) is 4.90 Å². The predicted molar refractivity (Wildman–Crippen MR) is 54.8 cm³/mol. The van der Waals surface area contributed by atoms with Crippen LogP contribution in [0.4, 0.5) is 4.39 Å². The molecule has 0 saturated heterocycles. The lowest BCUT2D eigenvalue weighted by Gasteiger charge is -2.03. The van der Waals surface area contributed by atoms with Crippen molar-refractivity contribution >= 4 is 20.7 Å². The summed E-state index contributed by atoms with van der Waals surface area (Å²) < 4.78 is 36.1. The Kier molecular flexibility index (Phi) is 2.19. The maximum Gasteiger partial charge on any atom is 0.177 e. The fourth-order valence-electron chi connectivity index (χ4n) is 1.41. The number of rotatable bonds is 1. The summed E-state index contributed by atoms with van der Waals surface area (Å²) in [6, 6.07) is 5.45. The first-order chi connectivity index (χ1) is 7.00.